The predicted octanol–water partition coefficient (Wildman–Crippen LogP) is 3.09. The molecule has 0 radical (unpaired) electrons. The van der Waals surface area contributed by atoms with Crippen LogP contribution in [-0.4, -0.2) is 13.2 Å². The first-order valence-corrected chi connectivity index (χ1v) is 6.26. The third kappa shape index (κ3) is 2.29. The lowest BCUT2D eigenvalue weighted by molar-refractivity contribution is 0.171. The topological polar surface area (TPSA) is 56.5 Å². The number of hydrogen-bond donors (Lipinski definition) is 2. The number of nitrogen functional groups attached to an aromatic ring is 1. The molecule has 4 nitrogen and oxygen atoms in total. The Labute approximate surface area is 112 Å². The number of nitrogens with two attached hydrogens (primary N) is 1. The van der Waals surface area contributed by atoms with Crippen LogP contribution in [0.3, 0.4) is 0 Å². The van der Waals surface area contributed by atoms with Crippen LogP contribution in [0.5, 0.6) is 11.5 Å². The van der Waals surface area contributed by atoms with E-state index < -0.39 is 0 Å². The van der Waals surface area contributed by atoms with Crippen LogP contribution < -0.4 is 20.5 Å². The van der Waals surface area contributed by atoms with Gasteiger partial charge in [0, 0.05) is 11.8 Å². The standard InChI is InChI=1S/C15H16N2O2/c1-10-3-2-4-12(16)15(10)17-11-5-6-13-14(9-11)19-8-7-18-13/h2-6,9,17H,7-8,16H2,1H3. The van der Waals surface area contributed by atoms with Gasteiger partial charge in [0.05, 0.1) is 11.4 Å². The average Bonchev–Trinajstić information content (AvgIpc) is 2.43. The zero-order valence-electron chi connectivity index (χ0n) is 10.8. The summed E-state index contributed by atoms with van der Waals surface area (Å²) in [5.41, 5.74) is 9.69. The van der Waals surface area contributed by atoms with E-state index in [-0.39, 0.29) is 0 Å². The molecule has 0 amide bonds. The van der Waals surface area contributed by atoms with E-state index in [0.29, 0.717) is 13.2 Å². The first-order valence-electron chi connectivity index (χ1n) is 6.26. The number of anilines is 3. The number of benzene rings is 2. The van der Waals surface area contributed by atoms with Crippen LogP contribution in [0.4, 0.5) is 17.1 Å². The van der Waals surface area contributed by atoms with Crippen LogP contribution in [-0.2, 0) is 0 Å². The van der Waals surface area contributed by atoms with Gasteiger partial charge in [-0.15, -0.1) is 0 Å². The summed E-state index contributed by atoms with van der Waals surface area (Å²) in [7, 11) is 0. The SMILES string of the molecule is Cc1cccc(N)c1Nc1ccc2c(c1)OCCO2. The Bertz CT molecular complexity index is 591. The molecular weight excluding hydrogens is 240 g/mol. The molecular formula is C15H16N2O2. The van der Waals surface area contributed by atoms with Crippen LogP contribution >= 0.6 is 0 Å². The van der Waals surface area contributed by atoms with Gasteiger partial charge in [0.25, 0.3) is 0 Å². The van der Waals surface area contributed by atoms with Crippen LogP contribution in [0, 0.1) is 6.92 Å². The lowest BCUT2D eigenvalue weighted by atomic mass is 10.1. The number of hydrogen-bond acceptors (Lipinski definition) is 4. The molecule has 0 atom stereocenters. The van der Waals surface area contributed by atoms with Crippen LogP contribution in [0.25, 0.3) is 0 Å². The molecule has 0 aliphatic carbocycles. The van der Waals surface area contributed by atoms with Crippen LogP contribution in [0.2, 0.25) is 0 Å². The fourth-order valence-electron chi connectivity index (χ4n) is 2.13. The molecule has 0 saturated heterocycles. The molecule has 3 N–H and O–H groups in total. The summed E-state index contributed by atoms with van der Waals surface area (Å²) < 4.78 is 11.1. The van der Waals surface area contributed by atoms with E-state index in [1.54, 1.807) is 0 Å². The van der Waals surface area contributed by atoms with E-state index in [4.69, 9.17) is 15.2 Å². The molecule has 1 heterocycles. The van der Waals surface area contributed by atoms with Gasteiger partial charge in [0.2, 0.25) is 0 Å². The maximum absolute atomic E-state index is 5.99. The van der Waals surface area contributed by atoms with Crippen molar-refractivity contribution in [2.24, 2.45) is 0 Å². The van der Waals surface area contributed by atoms with E-state index in [1.165, 1.54) is 0 Å². The Morgan fingerprint density at radius 1 is 1.05 bits per heavy atom. The van der Waals surface area contributed by atoms with Crippen molar-refractivity contribution in [3.8, 4) is 11.5 Å². The van der Waals surface area contributed by atoms with E-state index in [1.807, 2.05) is 43.3 Å². The van der Waals surface area contributed by atoms with Crippen molar-refractivity contribution in [1.82, 2.24) is 0 Å². The van der Waals surface area contributed by atoms with Crippen molar-refractivity contribution >= 4 is 17.1 Å². The van der Waals surface area contributed by atoms with Gasteiger partial charge in [0.1, 0.15) is 13.2 Å². The van der Waals surface area contributed by atoms with Crippen molar-refractivity contribution in [2.45, 2.75) is 6.92 Å². The second-order valence-electron chi connectivity index (χ2n) is 4.52. The second-order valence-corrected chi connectivity index (χ2v) is 4.52. The van der Waals surface area contributed by atoms with Gasteiger partial charge < -0.3 is 20.5 Å². The zero-order chi connectivity index (χ0) is 13.2. The Morgan fingerprint density at radius 2 is 1.84 bits per heavy atom. The van der Waals surface area contributed by atoms with Gasteiger partial charge >= 0.3 is 0 Å². The van der Waals surface area contributed by atoms with Crippen molar-refractivity contribution in [3.63, 3.8) is 0 Å². The first-order chi connectivity index (χ1) is 9.24. The molecule has 2 aromatic carbocycles. The highest BCUT2D eigenvalue weighted by Crippen LogP contribution is 2.35. The van der Waals surface area contributed by atoms with Gasteiger partial charge in [-0.25, -0.2) is 0 Å². The third-order valence-corrected chi connectivity index (χ3v) is 3.12. The largest absolute Gasteiger partial charge is 0.486 e. The molecule has 0 fully saturated rings. The number of para-hydroxylation sites is 1. The Balaban J connectivity index is 1.91. The smallest absolute Gasteiger partial charge is 0.163 e. The fourth-order valence-corrected chi connectivity index (χ4v) is 2.13. The van der Waals surface area contributed by atoms with E-state index in [2.05, 4.69) is 5.32 Å². The summed E-state index contributed by atoms with van der Waals surface area (Å²) in [6.45, 7) is 3.21. The zero-order valence-corrected chi connectivity index (χ0v) is 10.8. The molecule has 3 rings (SSSR count). The Morgan fingerprint density at radius 3 is 2.63 bits per heavy atom. The lowest BCUT2D eigenvalue weighted by Crippen LogP contribution is -2.15. The van der Waals surface area contributed by atoms with E-state index in [9.17, 15) is 0 Å². The molecule has 0 bridgehead atoms. The summed E-state index contributed by atoms with van der Waals surface area (Å²) in [6.07, 6.45) is 0. The van der Waals surface area contributed by atoms with Gasteiger partial charge in [-0.1, -0.05) is 12.1 Å². The molecule has 0 aromatic heterocycles. The quantitative estimate of drug-likeness (QED) is 0.811. The maximum Gasteiger partial charge on any atom is 0.163 e. The number of fused-ring (bicyclic) bond motifs is 1. The fraction of sp³-hybridized carbons (Fsp3) is 0.200. The molecule has 98 valence electrons. The number of rotatable bonds is 2. The third-order valence-electron chi connectivity index (χ3n) is 3.12. The molecule has 2 aromatic rings. The van der Waals surface area contributed by atoms with Gasteiger partial charge in [-0.05, 0) is 30.7 Å². The predicted molar refractivity (Wildman–Crippen MR) is 76.3 cm³/mol. The summed E-state index contributed by atoms with van der Waals surface area (Å²) in [4.78, 5) is 0. The second kappa shape index (κ2) is 4.72. The normalized spacial score (nSPS) is 13.1. The average molecular weight is 256 g/mol. The van der Waals surface area contributed by atoms with Crippen molar-refractivity contribution in [2.75, 3.05) is 24.3 Å². The highest BCUT2D eigenvalue weighted by atomic mass is 16.6. The number of ether oxygens (including phenoxy) is 2. The number of aryl methyl sites for hydroxylation is 1. The minimum Gasteiger partial charge on any atom is -0.486 e. The summed E-state index contributed by atoms with van der Waals surface area (Å²) in [5.74, 6) is 1.55. The van der Waals surface area contributed by atoms with Gasteiger partial charge in [-0.2, -0.15) is 0 Å². The maximum atomic E-state index is 5.99. The lowest BCUT2D eigenvalue weighted by Gasteiger charge is -2.20. The Hall–Kier alpha value is -2.36. The van der Waals surface area contributed by atoms with Crippen molar-refractivity contribution < 1.29 is 9.47 Å². The molecule has 0 saturated carbocycles. The summed E-state index contributed by atoms with van der Waals surface area (Å²) >= 11 is 0. The van der Waals surface area contributed by atoms with Gasteiger partial charge in [0.15, 0.2) is 11.5 Å². The summed E-state index contributed by atoms with van der Waals surface area (Å²) in [5, 5.41) is 3.33. The molecule has 4 heteroatoms. The molecule has 19 heavy (non-hydrogen) atoms. The monoisotopic (exact) mass is 256 g/mol. The van der Waals surface area contributed by atoms with E-state index in [0.717, 1.165) is 34.1 Å². The van der Waals surface area contributed by atoms with Crippen LogP contribution in [0.15, 0.2) is 36.4 Å². The van der Waals surface area contributed by atoms with Gasteiger partial charge in [-0.3, -0.25) is 0 Å². The molecule has 1 aliphatic heterocycles. The first kappa shape index (κ1) is 11.7. The molecule has 0 spiro atoms. The highest BCUT2D eigenvalue weighted by Gasteiger charge is 2.12. The van der Waals surface area contributed by atoms with Crippen LogP contribution in [0.1, 0.15) is 5.56 Å². The van der Waals surface area contributed by atoms with E-state index >= 15 is 0 Å². The van der Waals surface area contributed by atoms with Crippen molar-refractivity contribution in [3.05, 3.63) is 42.0 Å². The molecule has 0 unspecified atom stereocenters. The Kier molecular flexibility index (Phi) is 2.91. The number of nitrogens with one attached hydrogen (secondary N) is 1. The minimum absolute atomic E-state index is 0.586. The van der Waals surface area contributed by atoms with Crippen molar-refractivity contribution in [1.29, 1.82) is 0 Å². The summed E-state index contributed by atoms with van der Waals surface area (Å²) in [6, 6.07) is 11.6. The molecule has 1 aliphatic rings. The highest BCUT2D eigenvalue weighted by molar-refractivity contribution is 5.76. The minimum atomic E-state index is 0.586.